The first-order valence-corrected chi connectivity index (χ1v) is 15.4. The Hall–Kier alpha value is -3.14. The van der Waals surface area contributed by atoms with Crippen molar-refractivity contribution in [2.24, 2.45) is 0 Å². The first kappa shape index (κ1) is 31.4. The second-order valence-corrected chi connectivity index (χ2v) is 12.0. The molecule has 0 saturated carbocycles. The Labute approximate surface area is 244 Å². The van der Waals surface area contributed by atoms with Crippen LogP contribution in [0.1, 0.15) is 30.9 Å². The zero-order valence-electron chi connectivity index (χ0n) is 22.3. The van der Waals surface area contributed by atoms with Gasteiger partial charge in [0.15, 0.2) is 0 Å². The van der Waals surface area contributed by atoms with Gasteiger partial charge in [-0.2, -0.15) is 0 Å². The fourth-order valence-electron chi connectivity index (χ4n) is 4.29. The quantitative estimate of drug-likeness (QED) is 0.280. The van der Waals surface area contributed by atoms with E-state index in [0.717, 1.165) is 16.1 Å². The summed E-state index contributed by atoms with van der Waals surface area (Å²) < 4.78 is 39.5. The summed E-state index contributed by atoms with van der Waals surface area (Å²) in [5, 5.41) is 3.53. The van der Waals surface area contributed by atoms with E-state index >= 15 is 0 Å². The van der Waals surface area contributed by atoms with Gasteiger partial charge in [0.25, 0.3) is 0 Å². The van der Waals surface area contributed by atoms with Gasteiger partial charge in [0.1, 0.15) is 11.9 Å². The van der Waals surface area contributed by atoms with Crippen LogP contribution in [0, 0.1) is 5.82 Å². The zero-order valence-corrected chi connectivity index (χ0v) is 24.6. The summed E-state index contributed by atoms with van der Waals surface area (Å²) >= 11 is 12.3. The fraction of sp³-hybridized carbons (Fsp3) is 0.310. The molecule has 0 aliphatic heterocycles. The molecule has 3 rings (SSSR count). The lowest BCUT2D eigenvalue weighted by molar-refractivity contribution is -0.141. The maximum absolute atomic E-state index is 13.7. The van der Waals surface area contributed by atoms with E-state index in [1.807, 2.05) is 30.3 Å². The summed E-state index contributed by atoms with van der Waals surface area (Å²) in [5.74, 6) is -1.12. The van der Waals surface area contributed by atoms with Crippen molar-refractivity contribution in [2.75, 3.05) is 23.7 Å². The van der Waals surface area contributed by atoms with E-state index in [1.54, 1.807) is 25.1 Å². The Morgan fingerprint density at radius 1 is 0.950 bits per heavy atom. The predicted octanol–water partition coefficient (Wildman–Crippen LogP) is 5.45. The Morgan fingerprint density at radius 2 is 1.62 bits per heavy atom. The van der Waals surface area contributed by atoms with E-state index in [1.165, 1.54) is 29.2 Å². The highest BCUT2D eigenvalue weighted by Crippen LogP contribution is 2.25. The van der Waals surface area contributed by atoms with Crippen LogP contribution in [0.15, 0.2) is 72.8 Å². The summed E-state index contributed by atoms with van der Waals surface area (Å²) in [6.07, 6.45) is 1.48. The highest BCUT2D eigenvalue weighted by molar-refractivity contribution is 7.92. The summed E-state index contributed by atoms with van der Waals surface area (Å²) in [6, 6.07) is 18.7. The predicted molar refractivity (Wildman–Crippen MR) is 157 cm³/mol. The largest absolute Gasteiger partial charge is 0.355 e. The lowest BCUT2D eigenvalue weighted by atomic mass is 10.0. The Morgan fingerprint density at radius 3 is 2.23 bits per heavy atom. The molecular weight excluding hydrogens is 576 g/mol. The van der Waals surface area contributed by atoms with Crippen molar-refractivity contribution in [3.63, 3.8) is 0 Å². The van der Waals surface area contributed by atoms with Gasteiger partial charge in [-0.15, -0.1) is 0 Å². The van der Waals surface area contributed by atoms with Crippen molar-refractivity contribution in [3.05, 3.63) is 99.8 Å². The summed E-state index contributed by atoms with van der Waals surface area (Å²) in [5.41, 5.74) is 1.87. The van der Waals surface area contributed by atoms with Crippen LogP contribution in [-0.4, -0.2) is 50.5 Å². The number of nitrogens with zero attached hydrogens (tertiary/aromatic N) is 2. The van der Waals surface area contributed by atoms with Crippen molar-refractivity contribution in [1.29, 1.82) is 0 Å². The Bertz CT molecular complexity index is 1410. The van der Waals surface area contributed by atoms with Crippen molar-refractivity contribution in [3.8, 4) is 0 Å². The molecule has 7 nitrogen and oxygen atoms in total. The third-order valence-electron chi connectivity index (χ3n) is 6.23. The minimum atomic E-state index is -3.69. The number of hydrogen-bond donors (Lipinski definition) is 1. The van der Waals surface area contributed by atoms with Gasteiger partial charge in [-0.3, -0.25) is 13.9 Å². The number of nitrogens with one attached hydrogen (secondary N) is 1. The molecule has 3 aromatic carbocycles. The van der Waals surface area contributed by atoms with Crippen molar-refractivity contribution in [2.45, 2.75) is 38.8 Å². The van der Waals surface area contributed by atoms with Gasteiger partial charge >= 0.3 is 0 Å². The molecule has 0 spiro atoms. The van der Waals surface area contributed by atoms with Gasteiger partial charge in [-0.1, -0.05) is 59.6 Å². The number of carbonyl (C=O) groups is 2. The molecule has 40 heavy (non-hydrogen) atoms. The van der Waals surface area contributed by atoms with E-state index in [2.05, 4.69) is 5.32 Å². The number of carbonyl (C=O) groups excluding carboxylic acids is 2. The first-order chi connectivity index (χ1) is 19.0. The number of likely N-dealkylation sites (N-methyl/N-ethyl adjacent to an activating group) is 1. The van der Waals surface area contributed by atoms with Gasteiger partial charge in [-0.25, -0.2) is 12.8 Å². The SMILES string of the molecule is CCNC(=O)[C@H](Cc1ccccc1)N(Cc1ccc(Cl)c(Cl)c1)C(=O)CCCN(c1ccc(F)cc1)S(C)(=O)=O. The van der Waals surface area contributed by atoms with Crippen molar-refractivity contribution in [1.82, 2.24) is 10.2 Å². The number of benzene rings is 3. The topological polar surface area (TPSA) is 86.8 Å². The molecule has 0 saturated heterocycles. The second kappa shape index (κ2) is 14.5. The molecule has 214 valence electrons. The summed E-state index contributed by atoms with van der Waals surface area (Å²) in [7, 11) is -3.69. The standard InChI is InChI=1S/C29H32Cl2FN3O4S/c1-3-33-29(37)27(19-21-8-5-4-6-9-21)34(20-22-11-16-25(30)26(31)18-22)28(36)10-7-17-35(40(2,38)39)24-14-12-23(32)13-15-24/h4-6,8-9,11-16,18,27H,3,7,10,17,19-20H2,1-2H3,(H,33,37)/t27-/m0/s1. The molecule has 0 unspecified atom stereocenters. The van der Waals surface area contributed by atoms with Crippen LogP contribution in [0.2, 0.25) is 10.0 Å². The molecule has 0 aromatic heterocycles. The van der Waals surface area contributed by atoms with E-state index in [9.17, 15) is 22.4 Å². The van der Waals surface area contributed by atoms with Gasteiger partial charge in [0, 0.05) is 32.5 Å². The van der Waals surface area contributed by atoms with Crippen LogP contribution in [0.5, 0.6) is 0 Å². The van der Waals surface area contributed by atoms with Gasteiger partial charge in [0.2, 0.25) is 21.8 Å². The van der Waals surface area contributed by atoms with Crippen molar-refractivity contribution >= 4 is 50.7 Å². The number of hydrogen-bond acceptors (Lipinski definition) is 4. The third-order valence-corrected chi connectivity index (χ3v) is 8.16. The molecule has 0 aliphatic rings. The van der Waals surface area contributed by atoms with Crippen molar-refractivity contribution < 1.29 is 22.4 Å². The molecule has 0 radical (unpaired) electrons. The zero-order chi connectivity index (χ0) is 29.3. The summed E-state index contributed by atoms with van der Waals surface area (Å²) in [6.45, 7) is 2.29. The molecular formula is C29H32Cl2FN3O4S. The molecule has 11 heteroatoms. The van der Waals surface area contributed by atoms with E-state index < -0.39 is 21.9 Å². The fourth-order valence-corrected chi connectivity index (χ4v) is 5.58. The summed E-state index contributed by atoms with van der Waals surface area (Å²) in [4.78, 5) is 28.5. The van der Waals surface area contributed by atoms with Crippen LogP contribution < -0.4 is 9.62 Å². The maximum Gasteiger partial charge on any atom is 0.243 e. The molecule has 1 N–H and O–H groups in total. The lowest BCUT2D eigenvalue weighted by Crippen LogP contribution is -2.50. The maximum atomic E-state index is 13.7. The Kier molecular flexibility index (Phi) is 11.4. The highest BCUT2D eigenvalue weighted by atomic mass is 35.5. The molecule has 0 fully saturated rings. The average Bonchev–Trinajstić information content (AvgIpc) is 2.91. The normalized spacial score (nSPS) is 12.0. The minimum Gasteiger partial charge on any atom is -0.355 e. The number of rotatable bonds is 13. The van der Waals surface area contributed by atoms with Gasteiger partial charge in [-0.05, 0) is 60.9 Å². The smallest absolute Gasteiger partial charge is 0.243 e. The number of halogens is 3. The van der Waals surface area contributed by atoms with Crippen LogP contribution in [0.25, 0.3) is 0 Å². The van der Waals surface area contributed by atoms with Gasteiger partial charge < -0.3 is 10.2 Å². The molecule has 3 aromatic rings. The Balaban J connectivity index is 1.87. The monoisotopic (exact) mass is 607 g/mol. The average molecular weight is 609 g/mol. The van der Waals surface area contributed by atoms with Crippen LogP contribution in [-0.2, 0) is 32.6 Å². The minimum absolute atomic E-state index is 0.00132. The van der Waals surface area contributed by atoms with Crippen LogP contribution in [0.4, 0.5) is 10.1 Å². The number of amides is 2. The molecule has 0 heterocycles. The van der Waals surface area contributed by atoms with E-state index in [0.29, 0.717) is 27.8 Å². The second-order valence-electron chi connectivity index (χ2n) is 9.29. The third kappa shape index (κ3) is 8.94. The molecule has 2 amide bonds. The van der Waals surface area contributed by atoms with Gasteiger partial charge in [0.05, 0.1) is 22.0 Å². The lowest BCUT2D eigenvalue weighted by Gasteiger charge is -2.32. The number of sulfonamides is 1. The molecule has 1 atom stereocenters. The molecule has 0 bridgehead atoms. The molecule has 0 aliphatic carbocycles. The highest BCUT2D eigenvalue weighted by Gasteiger charge is 2.30. The van der Waals surface area contributed by atoms with E-state index in [-0.39, 0.29) is 44.2 Å². The number of anilines is 1. The van der Waals surface area contributed by atoms with Crippen LogP contribution >= 0.6 is 23.2 Å². The van der Waals surface area contributed by atoms with Crippen LogP contribution in [0.3, 0.4) is 0 Å². The first-order valence-electron chi connectivity index (χ1n) is 12.8. The van der Waals surface area contributed by atoms with E-state index in [4.69, 9.17) is 23.2 Å².